The Kier molecular flexibility index (Phi) is 6.17. The molecule has 156 valence electrons. The third-order valence-corrected chi connectivity index (χ3v) is 6.06. The molecule has 2 aromatic carbocycles. The molecule has 0 spiro atoms. The number of aromatic nitrogens is 1. The van der Waals surface area contributed by atoms with Gasteiger partial charge in [0.1, 0.15) is 5.75 Å². The van der Waals surface area contributed by atoms with E-state index in [4.69, 9.17) is 9.15 Å². The van der Waals surface area contributed by atoms with Crippen LogP contribution in [0.5, 0.6) is 5.75 Å². The summed E-state index contributed by atoms with van der Waals surface area (Å²) < 4.78 is 11.0. The Morgan fingerprint density at radius 3 is 2.53 bits per heavy atom. The average Bonchev–Trinajstić information content (AvgIpc) is 3.48. The summed E-state index contributed by atoms with van der Waals surface area (Å²) in [4.78, 5) is 16.8. The summed E-state index contributed by atoms with van der Waals surface area (Å²) in [6, 6.07) is 18.2. The summed E-state index contributed by atoms with van der Waals surface area (Å²) >= 11 is 0. The third-order valence-electron chi connectivity index (χ3n) is 6.06. The normalized spacial score (nSPS) is 15.1. The van der Waals surface area contributed by atoms with E-state index in [-0.39, 0.29) is 11.3 Å². The first-order valence-corrected chi connectivity index (χ1v) is 10.6. The van der Waals surface area contributed by atoms with Crippen molar-refractivity contribution >= 4 is 5.91 Å². The molecule has 5 nitrogen and oxygen atoms in total. The van der Waals surface area contributed by atoms with E-state index in [1.165, 1.54) is 18.4 Å². The van der Waals surface area contributed by atoms with Crippen LogP contribution in [-0.2, 0) is 16.6 Å². The fraction of sp³-hybridized carbons (Fsp3) is 0.360. The summed E-state index contributed by atoms with van der Waals surface area (Å²) in [6.07, 6.45) is 7.25. The van der Waals surface area contributed by atoms with Gasteiger partial charge in [-0.05, 0) is 42.7 Å². The maximum Gasteiger partial charge on any atom is 0.220 e. The Morgan fingerprint density at radius 1 is 1.10 bits per heavy atom. The van der Waals surface area contributed by atoms with Crippen molar-refractivity contribution in [1.29, 1.82) is 0 Å². The van der Waals surface area contributed by atoms with E-state index < -0.39 is 0 Å². The molecule has 1 aliphatic rings. The SMILES string of the molecule is COc1ccc(-c2cnc(CCC(=O)NCC3(c4ccccc4)CCCC3)o2)cc1. The minimum Gasteiger partial charge on any atom is -0.497 e. The minimum atomic E-state index is 0.0430. The number of oxazole rings is 1. The second kappa shape index (κ2) is 9.16. The number of ether oxygens (including phenoxy) is 1. The zero-order valence-corrected chi connectivity index (χ0v) is 17.4. The number of benzene rings is 2. The zero-order valence-electron chi connectivity index (χ0n) is 17.4. The summed E-state index contributed by atoms with van der Waals surface area (Å²) in [6.45, 7) is 0.693. The number of amides is 1. The first-order chi connectivity index (χ1) is 14.7. The van der Waals surface area contributed by atoms with E-state index in [2.05, 4.69) is 34.6 Å². The molecule has 4 rings (SSSR count). The molecule has 3 aromatic rings. The van der Waals surface area contributed by atoms with Gasteiger partial charge in [0, 0.05) is 30.4 Å². The van der Waals surface area contributed by atoms with E-state index >= 15 is 0 Å². The summed E-state index contributed by atoms with van der Waals surface area (Å²) in [5, 5.41) is 3.16. The molecular weight excluding hydrogens is 376 g/mol. The molecule has 5 heteroatoms. The van der Waals surface area contributed by atoms with Crippen molar-refractivity contribution < 1.29 is 13.9 Å². The molecule has 0 saturated heterocycles. The molecule has 1 N–H and O–H groups in total. The van der Waals surface area contributed by atoms with Crippen LogP contribution in [0.1, 0.15) is 43.6 Å². The molecule has 1 aromatic heterocycles. The van der Waals surface area contributed by atoms with Gasteiger partial charge in [-0.15, -0.1) is 0 Å². The van der Waals surface area contributed by atoms with Gasteiger partial charge >= 0.3 is 0 Å². The highest BCUT2D eigenvalue weighted by molar-refractivity contribution is 5.76. The number of nitrogens with one attached hydrogen (secondary N) is 1. The fourth-order valence-corrected chi connectivity index (χ4v) is 4.30. The van der Waals surface area contributed by atoms with Gasteiger partial charge in [0.25, 0.3) is 0 Å². The lowest BCUT2D eigenvalue weighted by molar-refractivity contribution is -0.121. The van der Waals surface area contributed by atoms with E-state index in [9.17, 15) is 4.79 Å². The van der Waals surface area contributed by atoms with Gasteiger partial charge in [-0.2, -0.15) is 0 Å². The van der Waals surface area contributed by atoms with Gasteiger partial charge in [0.2, 0.25) is 5.91 Å². The van der Waals surface area contributed by atoms with Crippen LogP contribution in [-0.4, -0.2) is 24.5 Å². The molecule has 30 heavy (non-hydrogen) atoms. The van der Waals surface area contributed by atoms with Crippen LogP contribution in [0, 0.1) is 0 Å². The van der Waals surface area contributed by atoms with E-state index in [1.807, 2.05) is 30.3 Å². The summed E-state index contributed by atoms with van der Waals surface area (Å²) in [5.41, 5.74) is 2.34. The molecule has 0 unspecified atom stereocenters. The number of methoxy groups -OCH3 is 1. The lowest BCUT2D eigenvalue weighted by atomic mass is 9.79. The van der Waals surface area contributed by atoms with Gasteiger partial charge in [0.15, 0.2) is 11.7 Å². The zero-order chi connectivity index (χ0) is 20.8. The Balaban J connectivity index is 1.31. The molecule has 0 atom stereocenters. The highest BCUT2D eigenvalue weighted by Crippen LogP contribution is 2.40. The smallest absolute Gasteiger partial charge is 0.220 e. The molecule has 1 amide bonds. The van der Waals surface area contributed by atoms with Crippen LogP contribution in [0.25, 0.3) is 11.3 Å². The van der Waals surface area contributed by atoms with E-state index in [1.54, 1.807) is 13.3 Å². The number of rotatable bonds is 8. The first kappa shape index (κ1) is 20.2. The van der Waals surface area contributed by atoms with Crippen molar-refractivity contribution in [2.75, 3.05) is 13.7 Å². The molecule has 0 radical (unpaired) electrons. The van der Waals surface area contributed by atoms with Crippen LogP contribution < -0.4 is 10.1 Å². The van der Waals surface area contributed by atoms with Gasteiger partial charge < -0.3 is 14.5 Å². The van der Waals surface area contributed by atoms with Crippen LogP contribution >= 0.6 is 0 Å². The van der Waals surface area contributed by atoms with Crippen LogP contribution in [0.2, 0.25) is 0 Å². The van der Waals surface area contributed by atoms with E-state index in [0.717, 1.165) is 24.2 Å². The van der Waals surface area contributed by atoms with E-state index in [0.29, 0.717) is 31.0 Å². The Bertz CT molecular complexity index is 958. The number of hydrogen-bond acceptors (Lipinski definition) is 4. The minimum absolute atomic E-state index is 0.0430. The molecule has 0 aliphatic heterocycles. The average molecular weight is 405 g/mol. The topological polar surface area (TPSA) is 64.4 Å². The van der Waals surface area contributed by atoms with Crippen molar-refractivity contribution in [3.8, 4) is 17.1 Å². The predicted molar refractivity (Wildman–Crippen MR) is 116 cm³/mol. The molecule has 1 saturated carbocycles. The lowest BCUT2D eigenvalue weighted by Crippen LogP contribution is -2.39. The number of nitrogens with zero attached hydrogens (tertiary/aromatic N) is 1. The lowest BCUT2D eigenvalue weighted by Gasteiger charge is -2.30. The maximum atomic E-state index is 12.5. The van der Waals surface area contributed by atoms with Crippen molar-refractivity contribution in [3.05, 3.63) is 72.2 Å². The molecule has 1 heterocycles. The van der Waals surface area contributed by atoms with Crippen molar-refractivity contribution in [2.45, 2.75) is 43.9 Å². The summed E-state index contributed by atoms with van der Waals surface area (Å²) in [7, 11) is 1.64. The van der Waals surface area contributed by atoms with Gasteiger partial charge in [-0.1, -0.05) is 43.2 Å². The second-order valence-corrected chi connectivity index (χ2v) is 7.98. The highest BCUT2D eigenvalue weighted by atomic mass is 16.5. The number of carbonyl (C=O) groups excluding carboxylic acids is 1. The van der Waals surface area contributed by atoms with Gasteiger partial charge in [-0.3, -0.25) is 4.79 Å². The number of hydrogen-bond donors (Lipinski definition) is 1. The number of carbonyl (C=O) groups is 1. The monoisotopic (exact) mass is 404 g/mol. The van der Waals surface area contributed by atoms with Gasteiger partial charge in [0.05, 0.1) is 13.3 Å². The summed E-state index contributed by atoms with van der Waals surface area (Å²) in [5.74, 6) is 2.11. The second-order valence-electron chi connectivity index (χ2n) is 7.98. The van der Waals surface area contributed by atoms with Crippen molar-refractivity contribution in [3.63, 3.8) is 0 Å². The molecule has 1 aliphatic carbocycles. The first-order valence-electron chi connectivity index (χ1n) is 10.6. The van der Waals surface area contributed by atoms with Gasteiger partial charge in [-0.25, -0.2) is 4.98 Å². The Hall–Kier alpha value is -3.08. The largest absolute Gasteiger partial charge is 0.497 e. The Morgan fingerprint density at radius 2 is 1.83 bits per heavy atom. The maximum absolute atomic E-state index is 12.5. The fourth-order valence-electron chi connectivity index (χ4n) is 4.30. The third kappa shape index (κ3) is 4.56. The Labute approximate surface area is 177 Å². The van der Waals surface area contributed by atoms with Crippen molar-refractivity contribution in [1.82, 2.24) is 10.3 Å². The highest BCUT2D eigenvalue weighted by Gasteiger charge is 2.35. The number of aryl methyl sites for hydroxylation is 1. The predicted octanol–water partition coefficient (Wildman–Crippen LogP) is 4.91. The van der Waals surface area contributed by atoms with Crippen molar-refractivity contribution in [2.24, 2.45) is 0 Å². The standard InChI is InChI=1S/C25H28N2O3/c1-29-21-11-9-19(10-12-21)22-17-26-24(30-22)14-13-23(28)27-18-25(15-5-6-16-25)20-7-3-2-4-8-20/h2-4,7-12,17H,5-6,13-16,18H2,1H3,(H,27,28). The quantitative estimate of drug-likeness (QED) is 0.579. The molecule has 0 bridgehead atoms. The molecule has 1 fully saturated rings. The molecular formula is C25H28N2O3. The van der Waals surface area contributed by atoms with Crippen LogP contribution in [0.4, 0.5) is 0 Å². The van der Waals surface area contributed by atoms with Crippen LogP contribution in [0.3, 0.4) is 0 Å². The van der Waals surface area contributed by atoms with Crippen LogP contribution in [0.15, 0.2) is 65.2 Å².